The minimum atomic E-state index is -0.215. The minimum Gasteiger partial charge on any atom is -0.378 e. The van der Waals surface area contributed by atoms with E-state index in [9.17, 15) is 9.59 Å². The van der Waals surface area contributed by atoms with E-state index in [4.69, 9.17) is 10.5 Å². The number of hydrogen-bond acceptors (Lipinski definition) is 4. The highest BCUT2D eigenvalue weighted by Crippen LogP contribution is 2.22. The molecule has 3 N–H and O–H groups in total. The van der Waals surface area contributed by atoms with Crippen LogP contribution in [-0.4, -0.2) is 43.0 Å². The van der Waals surface area contributed by atoms with Gasteiger partial charge in [-0.25, -0.2) is 0 Å². The number of carbonyl (C=O) groups excluding carboxylic acids is 2. The van der Waals surface area contributed by atoms with Gasteiger partial charge in [0.1, 0.15) is 0 Å². The Kier molecular flexibility index (Phi) is 7.36. The molecule has 1 aliphatic heterocycles. The maximum Gasteiger partial charge on any atom is 0.255 e. The number of ether oxygens (including phenoxy) is 1. The molecule has 0 aliphatic carbocycles. The van der Waals surface area contributed by atoms with E-state index in [1.165, 1.54) is 0 Å². The average Bonchev–Trinajstić information content (AvgIpc) is 2.69. The quantitative estimate of drug-likeness (QED) is 0.841. The highest BCUT2D eigenvalue weighted by atomic mass is 35.5. The zero-order chi connectivity index (χ0) is 18.5. The largest absolute Gasteiger partial charge is 0.378 e. The number of nitrogens with two attached hydrogens (primary N) is 1. The molecule has 2 aromatic rings. The first-order valence-corrected chi connectivity index (χ1v) is 8.67. The van der Waals surface area contributed by atoms with Gasteiger partial charge >= 0.3 is 0 Å². The SMILES string of the molecule is Cc1c(NC(=O)c2ccc(CN)cc2)cccc1C(=O)N1CCOCC1.Cl. The van der Waals surface area contributed by atoms with Crippen molar-refractivity contribution in [3.05, 3.63) is 64.7 Å². The zero-order valence-electron chi connectivity index (χ0n) is 15.2. The van der Waals surface area contributed by atoms with Crippen LogP contribution in [0.4, 0.5) is 5.69 Å². The maximum absolute atomic E-state index is 12.7. The normalized spacial score (nSPS) is 13.6. The summed E-state index contributed by atoms with van der Waals surface area (Å²) < 4.78 is 5.30. The lowest BCUT2D eigenvalue weighted by molar-refractivity contribution is 0.0302. The maximum atomic E-state index is 12.7. The number of rotatable bonds is 4. The van der Waals surface area contributed by atoms with E-state index in [2.05, 4.69) is 5.32 Å². The molecule has 2 aromatic carbocycles. The lowest BCUT2D eigenvalue weighted by Gasteiger charge is -2.27. The summed E-state index contributed by atoms with van der Waals surface area (Å²) in [6.45, 7) is 4.57. The van der Waals surface area contributed by atoms with Gasteiger partial charge in [0.25, 0.3) is 11.8 Å². The molecule has 1 heterocycles. The molecule has 0 atom stereocenters. The molecule has 3 rings (SSSR count). The molecule has 0 saturated carbocycles. The van der Waals surface area contributed by atoms with Crippen LogP contribution in [0.1, 0.15) is 31.8 Å². The van der Waals surface area contributed by atoms with Crippen LogP contribution in [-0.2, 0) is 11.3 Å². The first kappa shape index (κ1) is 20.9. The van der Waals surface area contributed by atoms with Gasteiger partial charge in [0.15, 0.2) is 0 Å². The third kappa shape index (κ3) is 4.86. The molecule has 0 aromatic heterocycles. The number of nitrogens with zero attached hydrogens (tertiary/aromatic N) is 1. The lowest BCUT2D eigenvalue weighted by Crippen LogP contribution is -2.41. The fourth-order valence-corrected chi connectivity index (χ4v) is 2.93. The summed E-state index contributed by atoms with van der Waals surface area (Å²) in [6, 6.07) is 12.5. The van der Waals surface area contributed by atoms with Crippen molar-refractivity contribution in [1.29, 1.82) is 0 Å². The molecule has 1 aliphatic rings. The van der Waals surface area contributed by atoms with Crippen LogP contribution in [0, 0.1) is 6.92 Å². The van der Waals surface area contributed by atoms with Crippen LogP contribution in [0.25, 0.3) is 0 Å². The number of morpholine rings is 1. The topological polar surface area (TPSA) is 84.7 Å². The summed E-state index contributed by atoms with van der Waals surface area (Å²) >= 11 is 0. The molecule has 27 heavy (non-hydrogen) atoms. The van der Waals surface area contributed by atoms with Crippen LogP contribution in [0.15, 0.2) is 42.5 Å². The second-order valence-corrected chi connectivity index (χ2v) is 6.24. The number of carbonyl (C=O) groups is 2. The number of hydrogen-bond donors (Lipinski definition) is 2. The molecule has 6 nitrogen and oxygen atoms in total. The van der Waals surface area contributed by atoms with E-state index in [1.807, 2.05) is 19.1 Å². The standard InChI is InChI=1S/C20H23N3O3.ClH/c1-14-17(20(25)23-9-11-26-12-10-23)3-2-4-18(14)22-19(24)16-7-5-15(13-21)6-8-16;/h2-8H,9-13,21H2,1H3,(H,22,24);1H. The van der Waals surface area contributed by atoms with Crippen molar-refractivity contribution in [1.82, 2.24) is 4.90 Å². The third-order valence-corrected chi connectivity index (χ3v) is 4.56. The molecular weight excluding hydrogens is 366 g/mol. The Morgan fingerprint density at radius 2 is 1.78 bits per heavy atom. The molecule has 1 saturated heterocycles. The number of anilines is 1. The second kappa shape index (κ2) is 9.50. The Morgan fingerprint density at radius 1 is 1.11 bits per heavy atom. The van der Waals surface area contributed by atoms with Crippen molar-refractivity contribution in [3.8, 4) is 0 Å². The number of benzene rings is 2. The van der Waals surface area contributed by atoms with Gasteiger partial charge in [-0.3, -0.25) is 9.59 Å². The van der Waals surface area contributed by atoms with E-state index in [1.54, 1.807) is 35.2 Å². The Labute approximate surface area is 165 Å². The number of halogens is 1. The third-order valence-electron chi connectivity index (χ3n) is 4.56. The fourth-order valence-electron chi connectivity index (χ4n) is 2.93. The van der Waals surface area contributed by atoms with E-state index in [-0.39, 0.29) is 24.2 Å². The minimum absolute atomic E-state index is 0. The van der Waals surface area contributed by atoms with Gasteiger partial charge in [-0.1, -0.05) is 18.2 Å². The van der Waals surface area contributed by atoms with Crippen molar-refractivity contribution < 1.29 is 14.3 Å². The van der Waals surface area contributed by atoms with Crippen molar-refractivity contribution in [2.24, 2.45) is 5.73 Å². The molecule has 2 amide bonds. The molecule has 144 valence electrons. The van der Waals surface area contributed by atoms with Crippen molar-refractivity contribution in [2.75, 3.05) is 31.6 Å². The summed E-state index contributed by atoms with van der Waals surface area (Å²) in [5, 5.41) is 2.90. The van der Waals surface area contributed by atoms with Gasteiger partial charge < -0.3 is 20.7 Å². The van der Waals surface area contributed by atoms with Gasteiger partial charge in [0, 0.05) is 36.4 Å². The second-order valence-electron chi connectivity index (χ2n) is 6.24. The van der Waals surface area contributed by atoms with Crippen molar-refractivity contribution in [3.63, 3.8) is 0 Å². The van der Waals surface area contributed by atoms with Gasteiger partial charge in [0.05, 0.1) is 13.2 Å². The lowest BCUT2D eigenvalue weighted by atomic mass is 10.0. The van der Waals surface area contributed by atoms with Gasteiger partial charge in [-0.05, 0) is 42.3 Å². The Bertz CT molecular complexity index is 803. The first-order chi connectivity index (χ1) is 12.6. The summed E-state index contributed by atoms with van der Waals surface area (Å²) in [7, 11) is 0. The summed E-state index contributed by atoms with van der Waals surface area (Å²) in [6.07, 6.45) is 0. The van der Waals surface area contributed by atoms with Crippen molar-refractivity contribution in [2.45, 2.75) is 13.5 Å². The van der Waals surface area contributed by atoms with Crippen LogP contribution >= 0.6 is 12.4 Å². The van der Waals surface area contributed by atoms with Crippen molar-refractivity contribution >= 4 is 29.9 Å². The van der Waals surface area contributed by atoms with E-state index < -0.39 is 0 Å². The highest BCUT2D eigenvalue weighted by Gasteiger charge is 2.21. The molecule has 7 heteroatoms. The molecular formula is C20H24ClN3O3. The molecule has 0 spiro atoms. The average molecular weight is 390 g/mol. The molecule has 1 fully saturated rings. The number of amides is 2. The zero-order valence-corrected chi connectivity index (χ0v) is 16.1. The van der Waals surface area contributed by atoms with Gasteiger partial charge in [-0.15, -0.1) is 12.4 Å². The summed E-state index contributed by atoms with van der Waals surface area (Å²) in [5.41, 5.74) is 9.09. The smallest absolute Gasteiger partial charge is 0.255 e. The Balaban J connectivity index is 0.00000261. The van der Waals surface area contributed by atoms with Crippen LogP contribution < -0.4 is 11.1 Å². The molecule has 0 bridgehead atoms. The van der Waals surface area contributed by atoms with Gasteiger partial charge in [0.2, 0.25) is 0 Å². The Morgan fingerprint density at radius 3 is 2.41 bits per heavy atom. The molecule has 0 unspecified atom stereocenters. The predicted octanol–water partition coefficient (Wildman–Crippen LogP) is 2.60. The van der Waals surface area contributed by atoms with E-state index in [0.717, 1.165) is 11.1 Å². The fraction of sp³-hybridized carbons (Fsp3) is 0.300. The number of nitrogens with one attached hydrogen (secondary N) is 1. The van der Waals surface area contributed by atoms with E-state index in [0.29, 0.717) is 49.7 Å². The van der Waals surface area contributed by atoms with E-state index >= 15 is 0 Å². The van der Waals surface area contributed by atoms with Crippen LogP contribution in [0.5, 0.6) is 0 Å². The first-order valence-electron chi connectivity index (χ1n) is 8.67. The highest BCUT2D eigenvalue weighted by molar-refractivity contribution is 6.06. The monoisotopic (exact) mass is 389 g/mol. The summed E-state index contributed by atoms with van der Waals surface area (Å²) in [4.78, 5) is 27.0. The summed E-state index contributed by atoms with van der Waals surface area (Å²) in [5.74, 6) is -0.248. The van der Waals surface area contributed by atoms with Gasteiger partial charge in [-0.2, -0.15) is 0 Å². The molecule has 0 radical (unpaired) electrons. The Hall–Kier alpha value is -2.41. The van der Waals surface area contributed by atoms with Crippen LogP contribution in [0.3, 0.4) is 0 Å². The predicted molar refractivity (Wildman–Crippen MR) is 107 cm³/mol. The van der Waals surface area contributed by atoms with Crippen LogP contribution in [0.2, 0.25) is 0 Å².